The summed E-state index contributed by atoms with van der Waals surface area (Å²) >= 11 is 1.65. The van der Waals surface area contributed by atoms with Crippen molar-refractivity contribution >= 4 is 18.2 Å². The topological polar surface area (TPSA) is 12.4 Å². The predicted molar refractivity (Wildman–Crippen MR) is 41.5 cm³/mol. The molecule has 0 N–H and O–H groups in total. The molecule has 0 aromatic rings. The number of hydrogen-bond donors (Lipinski definition) is 0. The molecule has 1 aliphatic rings. The zero-order valence-electron chi connectivity index (χ0n) is 5.72. The van der Waals surface area contributed by atoms with Crippen molar-refractivity contribution in [3.8, 4) is 0 Å². The summed E-state index contributed by atoms with van der Waals surface area (Å²) in [6.07, 6.45) is 1.99. The van der Waals surface area contributed by atoms with Gasteiger partial charge in [0.25, 0.3) is 0 Å². The summed E-state index contributed by atoms with van der Waals surface area (Å²) in [5, 5.41) is 0. The summed E-state index contributed by atoms with van der Waals surface area (Å²) in [6, 6.07) is 0. The van der Waals surface area contributed by atoms with Gasteiger partial charge in [-0.3, -0.25) is 0 Å². The largest absolute Gasteiger partial charge is 0.229 e. The second-order valence-corrected chi connectivity index (χ2v) is 2.33. The van der Waals surface area contributed by atoms with Crippen molar-refractivity contribution in [3.63, 3.8) is 0 Å². The Morgan fingerprint density at radius 1 is 1.62 bits per heavy atom. The van der Waals surface area contributed by atoms with Gasteiger partial charge in [-0.1, -0.05) is 20.8 Å². The van der Waals surface area contributed by atoms with Crippen molar-refractivity contribution in [3.05, 3.63) is 0 Å². The van der Waals surface area contributed by atoms with Crippen molar-refractivity contribution in [2.75, 3.05) is 5.75 Å². The minimum atomic E-state index is 0.718. The molecule has 1 heterocycles. The van der Waals surface area contributed by atoms with E-state index in [1.54, 1.807) is 11.9 Å². The van der Waals surface area contributed by atoms with Gasteiger partial charge in [0.15, 0.2) is 0 Å². The van der Waals surface area contributed by atoms with Crippen molar-refractivity contribution in [2.45, 2.75) is 20.8 Å². The van der Waals surface area contributed by atoms with E-state index >= 15 is 0 Å². The van der Waals surface area contributed by atoms with E-state index < -0.39 is 0 Å². The van der Waals surface area contributed by atoms with Gasteiger partial charge in [0.05, 0.1) is 0 Å². The van der Waals surface area contributed by atoms with Crippen molar-refractivity contribution in [2.24, 2.45) is 10.3 Å². The third-order valence-electron chi connectivity index (χ3n) is 0.727. The molecule has 1 unspecified atom stereocenters. The first-order chi connectivity index (χ1) is 3.89. The van der Waals surface area contributed by atoms with E-state index in [1.165, 1.54) is 5.75 Å². The van der Waals surface area contributed by atoms with E-state index in [0.717, 1.165) is 5.92 Å². The van der Waals surface area contributed by atoms with Gasteiger partial charge in [0.1, 0.15) is 0 Å². The van der Waals surface area contributed by atoms with Crippen molar-refractivity contribution in [1.82, 2.24) is 0 Å². The summed E-state index contributed by atoms with van der Waals surface area (Å²) < 4.78 is 3.96. The fourth-order valence-electron chi connectivity index (χ4n) is 0.351. The van der Waals surface area contributed by atoms with E-state index in [2.05, 4.69) is 11.3 Å². The second kappa shape index (κ2) is 5.16. The maximum absolute atomic E-state index is 3.96. The van der Waals surface area contributed by atoms with E-state index in [1.807, 2.05) is 20.1 Å². The van der Waals surface area contributed by atoms with Gasteiger partial charge in [-0.15, -0.1) is 0 Å². The first kappa shape index (κ1) is 8.02. The molecule has 0 saturated carbocycles. The second-order valence-electron chi connectivity index (χ2n) is 1.53. The summed E-state index contributed by atoms with van der Waals surface area (Å²) in [5.74, 6) is 1.90. The quantitative estimate of drug-likeness (QED) is 0.460. The lowest BCUT2D eigenvalue weighted by Crippen LogP contribution is -1.89. The average Bonchev–Trinajstić information content (AvgIpc) is 2.24. The molecule has 0 spiro atoms. The third-order valence-corrected chi connectivity index (χ3v) is 1.67. The lowest BCUT2D eigenvalue weighted by molar-refractivity contribution is 0.941. The van der Waals surface area contributed by atoms with E-state index in [-0.39, 0.29) is 0 Å². The maximum Gasteiger partial charge on any atom is 0.0228 e. The van der Waals surface area contributed by atoms with Crippen LogP contribution in [0, 0.1) is 5.92 Å². The zero-order chi connectivity index (χ0) is 6.41. The zero-order valence-corrected chi connectivity index (χ0v) is 6.53. The van der Waals surface area contributed by atoms with E-state index in [4.69, 9.17) is 0 Å². The van der Waals surface area contributed by atoms with Gasteiger partial charge in [0.2, 0.25) is 0 Å². The van der Waals surface area contributed by atoms with Gasteiger partial charge in [-0.2, -0.15) is 0 Å². The van der Waals surface area contributed by atoms with Crippen LogP contribution in [0.2, 0.25) is 0 Å². The van der Waals surface area contributed by atoms with Crippen LogP contribution in [0.5, 0.6) is 0 Å². The highest BCUT2D eigenvalue weighted by molar-refractivity contribution is 7.98. The number of rotatable bonds is 0. The highest BCUT2D eigenvalue weighted by Gasteiger charge is 2.01. The SMILES string of the molecule is CC.CC1C=NSC1. The van der Waals surface area contributed by atoms with Crippen LogP contribution in [0.15, 0.2) is 4.40 Å². The molecule has 1 rings (SSSR count). The Labute approximate surface area is 55.7 Å². The van der Waals surface area contributed by atoms with Crippen molar-refractivity contribution in [1.29, 1.82) is 0 Å². The Hall–Kier alpha value is 0.0200. The van der Waals surface area contributed by atoms with Crippen LogP contribution in [-0.2, 0) is 0 Å². The van der Waals surface area contributed by atoms with E-state index in [9.17, 15) is 0 Å². The van der Waals surface area contributed by atoms with Crippen LogP contribution >= 0.6 is 11.9 Å². The molecule has 8 heavy (non-hydrogen) atoms. The van der Waals surface area contributed by atoms with Crippen molar-refractivity contribution < 1.29 is 0 Å². The van der Waals surface area contributed by atoms with Crippen LogP contribution < -0.4 is 0 Å². The Morgan fingerprint density at radius 2 is 2.25 bits per heavy atom. The summed E-state index contributed by atoms with van der Waals surface area (Å²) in [5.41, 5.74) is 0. The predicted octanol–water partition coefficient (Wildman–Crippen LogP) is 2.38. The number of nitrogens with zero attached hydrogens (tertiary/aromatic N) is 1. The first-order valence-electron chi connectivity index (χ1n) is 3.05. The molecule has 48 valence electrons. The smallest absolute Gasteiger partial charge is 0.0228 e. The van der Waals surface area contributed by atoms with Gasteiger partial charge >= 0.3 is 0 Å². The minimum Gasteiger partial charge on any atom is -0.229 e. The van der Waals surface area contributed by atoms with Gasteiger partial charge in [-0.25, -0.2) is 4.40 Å². The first-order valence-corrected chi connectivity index (χ1v) is 3.99. The maximum atomic E-state index is 3.96. The summed E-state index contributed by atoms with van der Waals surface area (Å²) in [4.78, 5) is 0. The highest BCUT2D eigenvalue weighted by Crippen LogP contribution is 2.14. The van der Waals surface area contributed by atoms with Gasteiger partial charge < -0.3 is 0 Å². The normalized spacial score (nSPS) is 24.6. The van der Waals surface area contributed by atoms with Gasteiger partial charge in [0, 0.05) is 17.9 Å². The molecule has 1 atom stereocenters. The Balaban J connectivity index is 0.000000222. The fraction of sp³-hybridized carbons (Fsp3) is 0.833. The molecule has 2 heteroatoms. The molecule has 0 bridgehead atoms. The lowest BCUT2D eigenvalue weighted by Gasteiger charge is -1.85. The molecule has 0 aliphatic carbocycles. The Kier molecular flexibility index (Phi) is 5.18. The Bertz CT molecular complexity index is 70.9. The molecule has 0 fully saturated rings. The van der Waals surface area contributed by atoms with Crippen LogP contribution in [0.3, 0.4) is 0 Å². The van der Waals surface area contributed by atoms with Crippen LogP contribution in [0.1, 0.15) is 20.8 Å². The van der Waals surface area contributed by atoms with Gasteiger partial charge in [-0.05, 0) is 11.9 Å². The lowest BCUT2D eigenvalue weighted by atomic mass is 10.3. The van der Waals surface area contributed by atoms with Crippen LogP contribution in [0.25, 0.3) is 0 Å². The monoisotopic (exact) mass is 131 g/mol. The summed E-state index contributed by atoms with van der Waals surface area (Å²) in [6.45, 7) is 6.17. The Morgan fingerprint density at radius 3 is 2.38 bits per heavy atom. The van der Waals surface area contributed by atoms with Crippen LogP contribution in [-0.4, -0.2) is 12.0 Å². The van der Waals surface area contributed by atoms with Crippen LogP contribution in [0.4, 0.5) is 0 Å². The minimum absolute atomic E-state index is 0.718. The average molecular weight is 131 g/mol. The molecule has 0 amide bonds. The number of hydrogen-bond acceptors (Lipinski definition) is 2. The third kappa shape index (κ3) is 3.08. The molecular weight excluding hydrogens is 118 g/mol. The molecule has 0 radical (unpaired) electrons. The summed E-state index contributed by atoms with van der Waals surface area (Å²) in [7, 11) is 0. The molecule has 0 saturated heterocycles. The molecular formula is C6H13NS. The molecule has 0 aromatic carbocycles. The highest BCUT2D eigenvalue weighted by atomic mass is 32.2. The standard InChI is InChI=1S/C4H7NS.C2H6/c1-4-2-5-6-3-4;1-2/h2,4H,3H2,1H3;1-2H3. The molecule has 1 nitrogen and oxygen atoms in total. The molecule has 1 aliphatic heterocycles. The fourth-order valence-corrected chi connectivity index (χ4v) is 1.05. The van der Waals surface area contributed by atoms with E-state index in [0.29, 0.717) is 0 Å². The molecule has 0 aromatic heterocycles.